The second kappa shape index (κ2) is 11.3. The van der Waals surface area contributed by atoms with Crippen molar-refractivity contribution >= 4 is 26.8 Å². The first kappa shape index (κ1) is 26.4. The monoisotopic (exact) mass is 540 g/mol. The predicted molar refractivity (Wildman–Crippen MR) is 149 cm³/mol. The Labute approximate surface area is 227 Å². The summed E-state index contributed by atoms with van der Waals surface area (Å²) in [6.07, 6.45) is 2.78. The molecule has 0 heterocycles. The smallest absolute Gasteiger partial charge is 0.335 e. The molecule has 39 heavy (non-hydrogen) atoms. The molecule has 1 aliphatic rings. The van der Waals surface area contributed by atoms with E-state index in [4.69, 9.17) is 10.00 Å². The number of nitrogens with zero attached hydrogens (tertiary/aromatic N) is 1. The van der Waals surface area contributed by atoms with Crippen LogP contribution in [0.15, 0.2) is 78.9 Å². The Morgan fingerprint density at radius 3 is 2.64 bits per heavy atom. The number of rotatable bonds is 9. The van der Waals surface area contributed by atoms with Crippen LogP contribution in [0.4, 0.5) is 0 Å². The fourth-order valence-electron chi connectivity index (χ4n) is 5.09. The van der Waals surface area contributed by atoms with E-state index in [1.54, 1.807) is 18.2 Å². The van der Waals surface area contributed by atoms with Gasteiger partial charge in [0.2, 0.25) is 10.0 Å². The molecule has 0 spiro atoms. The quantitative estimate of drug-likeness (QED) is 0.288. The van der Waals surface area contributed by atoms with E-state index in [0.717, 1.165) is 46.9 Å². The van der Waals surface area contributed by atoms with Crippen molar-refractivity contribution in [3.63, 3.8) is 0 Å². The summed E-state index contributed by atoms with van der Waals surface area (Å²) >= 11 is 0. The largest absolute Gasteiger partial charge is 0.489 e. The second-order valence-corrected chi connectivity index (χ2v) is 11.7. The third-order valence-corrected chi connectivity index (χ3v) is 8.40. The number of sulfonamides is 1. The molecule has 0 amide bonds. The summed E-state index contributed by atoms with van der Waals surface area (Å²) in [6.45, 7) is 0.661. The summed E-state index contributed by atoms with van der Waals surface area (Å²) in [5.41, 5.74) is 4.43. The van der Waals surface area contributed by atoms with Crippen LogP contribution in [-0.2, 0) is 28.8 Å². The molecule has 4 aromatic carbocycles. The lowest BCUT2D eigenvalue weighted by Gasteiger charge is -2.26. The van der Waals surface area contributed by atoms with Crippen molar-refractivity contribution in [2.75, 3.05) is 6.54 Å². The summed E-state index contributed by atoms with van der Waals surface area (Å²) in [5.74, 6) is -0.615. The van der Waals surface area contributed by atoms with Gasteiger partial charge in [-0.2, -0.15) is 5.26 Å². The molecule has 0 saturated heterocycles. The molecule has 7 nitrogen and oxygen atoms in total. The predicted octanol–water partition coefficient (Wildman–Crippen LogP) is 5.53. The number of aryl methyl sites for hydroxylation is 1. The first-order valence-electron chi connectivity index (χ1n) is 12.8. The first-order valence-corrected chi connectivity index (χ1v) is 14.4. The molecule has 0 fully saturated rings. The van der Waals surface area contributed by atoms with Crippen LogP contribution in [0, 0.1) is 11.3 Å². The van der Waals surface area contributed by atoms with Gasteiger partial charge < -0.3 is 9.84 Å². The molecule has 0 saturated carbocycles. The van der Waals surface area contributed by atoms with Gasteiger partial charge in [0, 0.05) is 6.54 Å². The topological polar surface area (TPSA) is 116 Å². The van der Waals surface area contributed by atoms with Crippen molar-refractivity contribution in [3.8, 4) is 11.8 Å². The maximum absolute atomic E-state index is 12.8. The third kappa shape index (κ3) is 6.45. The van der Waals surface area contributed by atoms with Gasteiger partial charge >= 0.3 is 5.97 Å². The Kier molecular flexibility index (Phi) is 7.64. The molecule has 5 rings (SSSR count). The van der Waals surface area contributed by atoms with Crippen LogP contribution in [0.2, 0.25) is 0 Å². The number of hydrogen-bond donors (Lipinski definition) is 2. The number of hydrogen-bond acceptors (Lipinski definition) is 5. The van der Waals surface area contributed by atoms with E-state index in [9.17, 15) is 18.3 Å². The van der Waals surface area contributed by atoms with Gasteiger partial charge in [0.1, 0.15) is 12.4 Å². The van der Waals surface area contributed by atoms with Crippen molar-refractivity contribution < 1.29 is 23.1 Å². The lowest BCUT2D eigenvalue weighted by Crippen LogP contribution is -2.31. The highest BCUT2D eigenvalue weighted by molar-refractivity contribution is 7.88. The minimum absolute atomic E-state index is 0.0208. The van der Waals surface area contributed by atoms with Crippen LogP contribution in [0.5, 0.6) is 5.75 Å². The molecular formula is C31H28N2O5S. The van der Waals surface area contributed by atoms with E-state index >= 15 is 0 Å². The van der Waals surface area contributed by atoms with Gasteiger partial charge in [-0.3, -0.25) is 0 Å². The number of ether oxygens (including phenoxy) is 1. The van der Waals surface area contributed by atoms with Crippen molar-refractivity contribution in [1.82, 2.24) is 4.72 Å². The highest BCUT2D eigenvalue weighted by atomic mass is 32.2. The molecule has 2 N–H and O–H groups in total. The molecular weight excluding hydrogens is 512 g/mol. The molecule has 1 atom stereocenters. The van der Waals surface area contributed by atoms with Crippen LogP contribution in [0.3, 0.4) is 0 Å². The SMILES string of the molecule is N#Cc1ccc2cc(COc3ccc4c(c3)C(CNS(=O)(=O)Cc3cccc(C(=O)O)c3)CCC4)ccc2c1. The van der Waals surface area contributed by atoms with E-state index in [-0.39, 0.29) is 23.8 Å². The van der Waals surface area contributed by atoms with Gasteiger partial charge in [0.15, 0.2) is 0 Å². The van der Waals surface area contributed by atoms with E-state index in [1.807, 2.05) is 36.4 Å². The molecule has 0 radical (unpaired) electrons. The zero-order chi connectivity index (χ0) is 27.4. The summed E-state index contributed by atoms with van der Waals surface area (Å²) in [5, 5.41) is 20.3. The Morgan fingerprint density at radius 1 is 1.00 bits per heavy atom. The fourth-order valence-corrected chi connectivity index (χ4v) is 6.27. The maximum Gasteiger partial charge on any atom is 0.335 e. The van der Waals surface area contributed by atoms with Crippen molar-refractivity contribution in [3.05, 3.63) is 112 Å². The van der Waals surface area contributed by atoms with E-state index in [1.165, 1.54) is 17.7 Å². The number of nitriles is 1. The van der Waals surface area contributed by atoms with Crippen LogP contribution in [0.25, 0.3) is 10.8 Å². The number of carboxylic acid groups (broad SMARTS) is 1. The lowest BCUT2D eigenvalue weighted by atomic mass is 9.83. The number of carboxylic acids is 1. The summed E-state index contributed by atoms with van der Waals surface area (Å²) < 4.78 is 34.4. The molecule has 0 bridgehead atoms. The number of aromatic carboxylic acids is 1. The van der Waals surface area contributed by atoms with Crippen molar-refractivity contribution in [2.45, 2.75) is 37.5 Å². The molecule has 1 aliphatic carbocycles. The van der Waals surface area contributed by atoms with Gasteiger partial charge in [-0.15, -0.1) is 0 Å². The van der Waals surface area contributed by atoms with E-state index in [2.05, 4.69) is 22.9 Å². The van der Waals surface area contributed by atoms with Gasteiger partial charge in [0.05, 0.1) is 22.9 Å². The van der Waals surface area contributed by atoms with Gasteiger partial charge in [-0.25, -0.2) is 17.9 Å². The number of nitrogens with one attached hydrogen (secondary N) is 1. The average Bonchev–Trinajstić information content (AvgIpc) is 2.94. The molecule has 4 aromatic rings. The molecule has 198 valence electrons. The summed E-state index contributed by atoms with van der Waals surface area (Å²) in [4.78, 5) is 11.2. The van der Waals surface area contributed by atoms with Crippen molar-refractivity contribution in [1.29, 1.82) is 5.26 Å². The van der Waals surface area contributed by atoms with Gasteiger partial charge in [0.25, 0.3) is 0 Å². The minimum atomic E-state index is -3.65. The number of carbonyl (C=O) groups is 1. The first-order chi connectivity index (χ1) is 18.8. The summed E-state index contributed by atoms with van der Waals surface area (Å²) in [7, 11) is -3.65. The van der Waals surface area contributed by atoms with E-state index < -0.39 is 16.0 Å². The second-order valence-electron chi connectivity index (χ2n) is 9.86. The zero-order valence-electron chi connectivity index (χ0n) is 21.3. The number of benzene rings is 4. The van der Waals surface area contributed by atoms with Gasteiger partial charge in [-0.05, 0) is 101 Å². The normalized spacial score (nSPS) is 14.9. The molecule has 1 unspecified atom stereocenters. The third-order valence-electron chi connectivity index (χ3n) is 7.08. The summed E-state index contributed by atoms with van der Waals surface area (Å²) in [6, 6.07) is 25.8. The van der Waals surface area contributed by atoms with Crippen LogP contribution < -0.4 is 9.46 Å². The Bertz CT molecular complexity index is 1690. The fraction of sp³-hybridized carbons (Fsp3) is 0.226. The van der Waals surface area contributed by atoms with Crippen LogP contribution >= 0.6 is 0 Å². The molecule has 0 aromatic heterocycles. The maximum atomic E-state index is 12.8. The van der Waals surface area contributed by atoms with Gasteiger partial charge in [-0.1, -0.05) is 36.4 Å². The Balaban J connectivity index is 1.25. The Morgan fingerprint density at radius 2 is 1.82 bits per heavy atom. The van der Waals surface area contributed by atoms with Crippen LogP contribution in [-0.4, -0.2) is 26.0 Å². The number of fused-ring (bicyclic) bond motifs is 2. The zero-order valence-corrected chi connectivity index (χ0v) is 22.1. The molecule has 8 heteroatoms. The minimum Gasteiger partial charge on any atom is -0.489 e. The molecule has 0 aliphatic heterocycles. The average molecular weight is 541 g/mol. The van der Waals surface area contributed by atoms with E-state index in [0.29, 0.717) is 17.7 Å². The van der Waals surface area contributed by atoms with Crippen LogP contribution in [0.1, 0.15) is 56.9 Å². The highest BCUT2D eigenvalue weighted by Gasteiger charge is 2.23. The standard InChI is InChI=1S/C31H28N2O5S/c32-17-21-7-9-26-14-22(8-10-25(26)13-21)19-38-29-12-11-24-4-2-6-28(30(24)16-29)18-33-39(36,37)20-23-3-1-5-27(15-23)31(34)35/h1,3,5,7-16,28,33H,2,4,6,18-20H2,(H,34,35). The Hall–Kier alpha value is -4.19. The lowest BCUT2D eigenvalue weighted by molar-refractivity contribution is 0.0696. The highest BCUT2D eigenvalue weighted by Crippen LogP contribution is 2.34. The van der Waals surface area contributed by atoms with Crippen molar-refractivity contribution in [2.24, 2.45) is 0 Å².